The van der Waals surface area contributed by atoms with Gasteiger partial charge in [-0.15, -0.1) is 0 Å². The van der Waals surface area contributed by atoms with Gasteiger partial charge in [0, 0.05) is 6.08 Å². The van der Waals surface area contributed by atoms with Gasteiger partial charge in [-0.3, -0.25) is 0 Å². The number of ether oxygens (including phenoxy) is 1. The molecule has 0 aliphatic heterocycles. The van der Waals surface area contributed by atoms with E-state index in [0.29, 0.717) is 5.75 Å². The third kappa shape index (κ3) is 3.96. The zero-order chi connectivity index (χ0) is 13.7. The van der Waals surface area contributed by atoms with Crippen molar-refractivity contribution in [2.45, 2.75) is 0 Å². The quantitative estimate of drug-likeness (QED) is 0.853. The van der Waals surface area contributed by atoms with Gasteiger partial charge < -0.3 is 9.84 Å². The van der Waals surface area contributed by atoms with Gasteiger partial charge in [0.1, 0.15) is 11.5 Å². The highest BCUT2D eigenvalue weighted by Gasteiger charge is 2.03. The number of hydrogen-bond donors (Lipinski definition) is 1. The van der Waals surface area contributed by atoms with E-state index in [1.807, 2.05) is 30.3 Å². The molecule has 0 unspecified atom stereocenters. The van der Waals surface area contributed by atoms with Crippen molar-refractivity contribution in [2.24, 2.45) is 0 Å². The van der Waals surface area contributed by atoms with Crippen LogP contribution in [0.2, 0.25) is 0 Å². The smallest absolute Gasteiger partial charge is 0.328 e. The van der Waals surface area contributed by atoms with Crippen molar-refractivity contribution in [1.82, 2.24) is 0 Å². The van der Waals surface area contributed by atoms with Crippen LogP contribution in [0.1, 0.15) is 5.56 Å². The summed E-state index contributed by atoms with van der Waals surface area (Å²) in [5.41, 5.74) is 0.787. The van der Waals surface area contributed by atoms with Gasteiger partial charge in [0.15, 0.2) is 0 Å². The van der Waals surface area contributed by atoms with Crippen molar-refractivity contribution >= 4 is 28.0 Å². The minimum Gasteiger partial charge on any atom is -0.478 e. The van der Waals surface area contributed by atoms with Crippen molar-refractivity contribution in [3.8, 4) is 11.5 Å². The van der Waals surface area contributed by atoms with E-state index in [-0.39, 0.29) is 0 Å². The van der Waals surface area contributed by atoms with E-state index in [1.54, 1.807) is 18.2 Å². The molecular formula is C15H11BrO3. The van der Waals surface area contributed by atoms with E-state index >= 15 is 0 Å². The lowest BCUT2D eigenvalue weighted by Gasteiger charge is -2.08. The molecule has 1 N–H and O–H groups in total. The summed E-state index contributed by atoms with van der Waals surface area (Å²) in [4.78, 5) is 10.4. The number of rotatable bonds is 4. The average molecular weight is 319 g/mol. The van der Waals surface area contributed by atoms with Gasteiger partial charge >= 0.3 is 5.97 Å². The molecule has 19 heavy (non-hydrogen) atoms. The zero-order valence-electron chi connectivity index (χ0n) is 9.92. The molecule has 3 nitrogen and oxygen atoms in total. The molecule has 0 saturated heterocycles. The predicted octanol–water partition coefficient (Wildman–Crippen LogP) is 4.34. The largest absolute Gasteiger partial charge is 0.478 e. The number of halogens is 1. The van der Waals surface area contributed by atoms with Crippen molar-refractivity contribution < 1.29 is 14.6 Å². The van der Waals surface area contributed by atoms with E-state index in [9.17, 15) is 4.79 Å². The topological polar surface area (TPSA) is 46.5 Å². The predicted molar refractivity (Wildman–Crippen MR) is 77.3 cm³/mol. The monoisotopic (exact) mass is 318 g/mol. The van der Waals surface area contributed by atoms with Crippen molar-refractivity contribution in [1.29, 1.82) is 0 Å². The lowest BCUT2D eigenvalue weighted by atomic mass is 10.2. The molecule has 2 aromatic rings. The van der Waals surface area contributed by atoms with E-state index in [1.165, 1.54) is 6.08 Å². The van der Waals surface area contributed by atoms with Crippen LogP contribution in [0, 0.1) is 0 Å². The Bertz CT molecular complexity index is 606. The first-order chi connectivity index (χ1) is 9.15. The number of carboxylic acid groups (broad SMARTS) is 1. The molecule has 0 bridgehead atoms. The maximum Gasteiger partial charge on any atom is 0.328 e. The SMILES string of the molecule is O=C(O)/C=C/c1ccc(Oc2ccccc2)c(Br)c1. The van der Waals surface area contributed by atoms with Gasteiger partial charge in [-0.05, 0) is 51.8 Å². The standard InChI is InChI=1S/C15H11BrO3/c16-13-10-11(7-9-15(17)18)6-8-14(13)19-12-4-2-1-3-5-12/h1-10H,(H,17,18)/b9-7+. The number of para-hydroxylation sites is 1. The molecule has 0 aliphatic rings. The fourth-order valence-electron chi connectivity index (χ4n) is 1.49. The maximum absolute atomic E-state index is 10.4. The van der Waals surface area contributed by atoms with Crippen LogP contribution in [-0.4, -0.2) is 11.1 Å². The molecule has 0 saturated carbocycles. The number of benzene rings is 2. The molecule has 0 fully saturated rings. The minimum atomic E-state index is -0.972. The van der Waals surface area contributed by atoms with Crippen LogP contribution in [0.15, 0.2) is 59.1 Å². The molecule has 0 heterocycles. The van der Waals surface area contributed by atoms with Crippen LogP contribution in [0.4, 0.5) is 0 Å². The fourth-order valence-corrected chi connectivity index (χ4v) is 1.96. The molecule has 2 rings (SSSR count). The summed E-state index contributed by atoms with van der Waals surface area (Å²) in [6, 6.07) is 14.8. The van der Waals surface area contributed by atoms with Crippen molar-refractivity contribution in [3.05, 3.63) is 64.6 Å². The maximum atomic E-state index is 10.4. The van der Waals surface area contributed by atoms with E-state index in [4.69, 9.17) is 9.84 Å². The van der Waals surface area contributed by atoms with Crippen LogP contribution in [-0.2, 0) is 4.79 Å². The van der Waals surface area contributed by atoms with E-state index < -0.39 is 5.97 Å². The molecule has 2 aromatic carbocycles. The van der Waals surface area contributed by atoms with Crippen LogP contribution < -0.4 is 4.74 Å². The number of aliphatic carboxylic acids is 1. The second kappa shape index (κ2) is 6.20. The highest BCUT2D eigenvalue weighted by Crippen LogP contribution is 2.30. The highest BCUT2D eigenvalue weighted by atomic mass is 79.9. The summed E-state index contributed by atoms with van der Waals surface area (Å²) in [6.45, 7) is 0. The molecular weight excluding hydrogens is 308 g/mol. The van der Waals surface area contributed by atoms with Gasteiger partial charge in [0.25, 0.3) is 0 Å². The molecule has 0 atom stereocenters. The normalized spacial score (nSPS) is 10.6. The Morgan fingerprint density at radius 1 is 1.16 bits per heavy atom. The summed E-state index contributed by atoms with van der Waals surface area (Å²) < 4.78 is 6.47. The Morgan fingerprint density at radius 2 is 1.89 bits per heavy atom. The van der Waals surface area contributed by atoms with Gasteiger partial charge in [-0.25, -0.2) is 4.79 Å². The molecule has 96 valence electrons. The van der Waals surface area contributed by atoms with Gasteiger partial charge in [0.2, 0.25) is 0 Å². The molecule has 4 heteroatoms. The Kier molecular flexibility index (Phi) is 4.36. The zero-order valence-corrected chi connectivity index (χ0v) is 11.5. The first-order valence-electron chi connectivity index (χ1n) is 5.58. The summed E-state index contributed by atoms with van der Waals surface area (Å²) in [6.07, 6.45) is 2.62. The molecule has 0 amide bonds. The average Bonchev–Trinajstić information content (AvgIpc) is 2.40. The number of carbonyl (C=O) groups is 1. The second-order valence-electron chi connectivity index (χ2n) is 3.78. The third-order valence-corrected chi connectivity index (χ3v) is 2.97. The summed E-state index contributed by atoms with van der Waals surface area (Å²) >= 11 is 3.41. The van der Waals surface area contributed by atoms with Crippen molar-refractivity contribution in [3.63, 3.8) is 0 Å². The molecule has 0 aliphatic carbocycles. The van der Waals surface area contributed by atoms with Crippen LogP contribution >= 0.6 is 15.9 Å². The summed E-state index contributed by atoms with van der Waals surface area (Å²) in [7, 11) is 0. The highest BCUT2D eigenvalue weighted by molar-refractivity contribution is 9.10. The van der Waals surface area contributed by atoms with Crippen LogP contribution in [0.3, 0.4) is 0 Å². The van der Waals surface area contributed by atoms with Gasteiger partial charge in [-0.2, -0.15) is 0 Å². The Morgan fingerprint density at radius 3 is 2.53 bits per heavy atom. The van der Waals surface area contributed by atoms with E-state index in [0.717, 1.165) is 21.9 Å². The first kappa shape index (κ1) is 13.4. The number of hydrogen-bond acceptors (Lipinski definition) is 2. The number of carboxylic acids is 1. The second-order valence-corrected chi connectivity index (χ2v) is 4.63. The summed E-state index contributed by atoms with van der Waals surface area (Å²) in [5, 5.41) is 8.57. The Balaban J connectivity index is 2.18. The lowest BCUT2D eigenvalue weighted by Crippen LogP contribution is -1.87. The molecule has 0 spiro atoms. The van der Waals surface area contributed by atoms with Crippen molar-refractivity contribution in [2.75, 3.05) is 0 Å². The first-order valence-corrected chi connectivity index (χ1v) is 6.38. The van der Waals surface area contributed by atoms with Gasteiger partial charge in [-0.1, -0.05) is 24.3 Å². The third-order valence-electron chi connectivity index (χ3n) is 2.35. The van der Waals surface area contributed by atoms with Gasteiger partial charge in [0.05, 0.1) is 4.47 Å². The summed E-state index contributed by atoms with van der Waals surface area (Å²) in [5.74, 6) is 0.455. The minimum absolute atomic E-state index is 0.679. The molecule has 0 radical (unpaired) electrons. The Hall–Kier alpha value is -2.07. The molecule has 0 aromatic heterocycles. The fraction of sp³-hybridized carbons (Fsp3) is 0. The Labute approximate surface area is 119 Å². The van der Waals surface area contributed by atoms with E-state index in [2.05, 4.69) is 15.9 Å². The van der Waals surface area contributed by atoms with Crippen LogP contribution in [0.5, 0.6) is 11.5 Å². The van der Waals surface area contributed by atoms with Crippen LogP contribution in [0.25, 0.3) is 6.08 Å². The lowest BCUT2D eigenvalue weighted by molar-refractivity contribution is -0.131.